The molecule has 1 saturated carbocycles. The summed E-state index contributed by atoms with van der Waals surface area (Å²) in [6, 6.07) is 10.4. The largest absolute Gasteiger partial charge is 0.378 e. The molecule has 38 heavy (non-hydrogen) atoms. The fourth-order valence-corrected chi connectivity index (χ4v) is 6.39. The van der Waals surface area contributed by atoms with Crippen LogP contribution in [0.2, 0.25) is 0 Å². The number of nitrogens with one attached hydrogen (secondary N) is 1. The Kier molecular flexibility index (Phi) is 7.43. The van der Waals surface area contributed by atoms with Crippen molar-refractivity contribution in [1.82, 2.24) is 24.4 Å². The first-order valence-electron chi connectivity index (χ1n) is 14.0. The Morgan fingerprint density at radius 3 is 2.53 bits per heavy atom. The van der Waals surface area contributed by atoms with Crippen molar-refractivity contribution in [3.63, 3.8) is 0 Å². The summed E-state index contributed by atoms with van der Waals surface area (Å²) in [5.41, 5.74) is 1.13. The third kappa shape index (κ3) is 5.20. The summed E-state index contributed by atoms with van der Waals surface area (Å²) in [4.78, 5) is 18.6. The minimum Gasteiger partial charge on any atom is -0.378 e. The molecule has 0 amide bonds. The van der Waals surface area contributed by atoms with Gasteiger partial charge in [-0.05, 0) is 70.0 Å². The summed E-state index contributed by atoms with van der Waals surface area (Å²) < 4.78 is 35.2. The normalized spacial score (nSPS) is 24.9. The second-order valence-electron chi connectivity index (χ2n) is 10.9. The van der Waals surface area contributed by atoms with Gasteiger partial charge in [-0.1, -0.05) is 12.1 Å². The summed E-state index contributed by atoms with van der Waals surface area (Å²) in [5, 5.41) is 3.54. The van der Waals surface area contributed by atoms with Gasteiger partial charge < -0.3 is 15.0 Å². The first-order valence-corrected chi connectivity index (χ1v) is 14.0. The second kappa shape index (κ2) is 11.1. The summed E-state index contributed by atoms with van der Waals surface area (Å²) in [6.45, 7) is 6.92. The monoisotopic (exact) mass is 525 g/mol. The number of ether oxygens (including phenoxy) is 1. The van der Waals surface area contributed by atoms with E-state index >= 15 is 0 Å². The molecule has 1 atom stereocenters. The summed E-state index contributed by atoms with van der Waals surface area (Å²) in [5.74, 6) is 1.85. The number of para-hydroxylation sites is 2. The van der Waals surface area contributed by atoms with Crippen molar-refractivity contribution in [3.8, 4) is 5.82 Å². The average molecular weight is 526 g/mol. The van der Waals surface area contributed by atoms with Crippen molar-refractivity contribution in [2.45, 2.75) is 64.0 Å². The third-order valence-electron chi connectivity index (χ3n) is 8.47. The molecular formula is C28H37F2N7O. The Morgan fingerprint density at radius 1 is 1.00 bits per heavy atom. The van der Waals surface area contributed by atoms with Gasteiger partial charge in [0, 0.05) is 37.8 Å². The van der Waals surface area contributed by atoms with Crippen LogP contribution in [0.15, 0.2) is 30.3 Å². The molecule has 10 heteroatoms. The average Bonchev–Trinajstić information content (AvgIpc) is 3.56. The lowest BCUT2D eigenvalue weighted by molar-refractivity contribution is 0.122. The van der Waals surface area contributed by atoms with Gasteiger partial charge in [0.15, 0.2) is 5.82 Å². The molecule has 1 N–H and O–H groups in total. The summed E-state index contributed by atoms with van der Waals surface area (Å²) >= 11 is 0. The van der Waals surface area contributed by atoms with E-state index in [9.17, 15) is 8.78 Å². The van der Waals surface area contributed by atoms with Gasteiger partial charge in [0.05, 0.1) is 24.2 Å². The molecule has 2 saturated heterocycles. The van der Waals surface area contributed by atoms with Crippen molar-refractivity contribution in [2.75, 3.05) is 49.6 Å². The van der Waals surface area contributed by atoms with Crippen LogP contribution < -0.4 is 10.2 Å². The number of imidazole rings is 1. The maximum atomic E-state index is 14.1. The number of nitrogens with zero attached hydrogens (tertiary/aromatic N) is 6. The molecule has 3 fully saturated rings. The zero-order valence-corrected chi connectivity index (χ0v) is 22.0. The minimum absolute atomic E-state index is 0.307. The van der Waals surface area contributed by atoms with E-state index < -0.39 is 6.43 Å². The van der Waals surface area contributed by atoms with Crippen molar-refractivity contribution < 1.29 is 13.5 Å². The summed E-state index contributed by atoms with van der Waals surface area (Å²) in [6.07, 6.45) is 4.78. The number of aromatic nitrogens is 4. The smallest absolute Gasteiger partial charge is 0.296 e. The van der Waals surface area contributed by atoms with Crippen LogP contribution in [0, 0.1) is 5.92 Å². The van der Waals surface area contributed by atoms with Crippen LogP contribution in [0.1, 0.15) is 57.7 Å². The van der Waals surface area contributed by atoms with Crippen LogP contribution in [-0.2, 0) is 4.74 Å². The Bertz CT molecular complexity index is 1240. The number of hydrogen-bond donors (Lipinski definition) is 1. The number of fused-ring (bicyclic) bond motifs is 1. The van der Waals surface area contributed by atoms with E-state index in [1.165, 1.54) is 49.6 Å². The van der Waals surface area contributed by atoms with Crippen molar-refractivity contribution in [1.29, 1.82) is 0 Å². The van der Waals surface area contributed by atoms with Gasteiger partial charge in [0.1, 0.15) is 11.6 Å². The third-order valence-corrected chi connectivity index (χ3v) is 8.47. The highest BCUT2D eigenvalue weighted by Gasteiger charge is 2.31. The Hall–Kier alpha value is -2.85. The lowest BCUT2D eigenvalue weighted by Crippen LogP contribution is -2.40. The number of halogens is 2. The number of alkyl halides is 2. The number of anilines is 2. The topological polar surface area (TPSA) is 71.3 Å². The standard InChI is InChI=1S/C28H37F2N7O/c1-19-5-4-12-36(19)21-10-8-20(9-11-21)18-31-24-17-25(34-28(33-24)35-13-15-38-16-14-35)37-23-7-3-2-6-22(23)32-27(37)26(29)30/h2-3,6-7,17,19-21,26H,4-5,8-16,18H2,1H3,(H,31,33,34)/t19-,20-,21+/m1/s1. The molecule has 204 valence electrons. The van der Waals surface area contributed by atoms with Gasteiger partial charge in [-0.15, -0.1) is 0 Å². The van der Waals surface area contributed by atoms with E-state index in [4.69, 9.17) is 14.7 Å². The van der Waals surface area contributed by atoms with Gasteiger partial charge in [0.25, 0.3) is 6.43 Å². The molecule has 6 rings (SSSR count). The number of rotatable bonds is 7. The number of morpholine rings is 1. The van der Waals surface area contributed by atoms with Gasteiger partial charge >= 0.3 is 0 Å². The molecule has 3 aliphatic rings. The van der Waals surface area contributed by atoms with Crippen LogP contribution in [0.5, 0.6) is 0 Å². The first kappa shape index (κ1) is 25.4. The van der Waals surface area contributed by atoms with Crippen LogP contribution in [0.25, 0.3) is 16.9 Å². The highest BCUT2D eigenvalue weighted by atomic mass is 19.3. The molecule has 2 aromatic heterocycles. The fraction of sp³-hybridized carbons (Fsp3) is 0.607. The SMILES string of the molecule is C[C@@H]1CCCN1[C@H]1CC[C@@H](CNc2cc(-n3c(C(F)F)nc4ccccc43)nc(N3CCOCC3)n2)CC1. The lowest BCUT2D eigenvalue weighted by atomic mass is 9.85. The highest BCUT2D eigenvalue weighted by molar-refractivity contribution is 5.78. The Morgan fingerprint density at radius 2 is 1.79 bits per heavy atom. The van der Waals surface area contributed by atoms with Crippen molar-refractivity contribution in [3.05, 3.63) is 36.2 Å². The van der Waals surface area contributed by atoms with Gasteiger partial charge in [-0.3, -0.25) is 9.47 Å². The zero-order valence-electron chi connectivity index (χ0n) is 22.0. The number of hydrogen-bond acceptors (Lipinski definition) is 7. The van der Waals surface area contributed by atoms with Crippen LogP contribution >= 0.6 is 0 Å². The van der Waals surface area contributed by atoms with E-state index in [0.717, 1.165) is 6.54 Å². The summed E-state index contributed by atoms with van der Waals surface area (Å²) in [7, 11) is 0. The van der Waals surface area contributed by atoms with Crippen LogP contribution in [0.4, 0.5) is 20.5 Å². The van der Waals surface area contributed by atoms with Gasteiger partial charge in [-0.25, -0.2) is 13.8 Å². The zero-order chi connectivity index (χ0) is 26.1. The second-order valence-corrected chi connectivity index (χ2v) is 10.9. The maximum absolute atomic E-state index is 14.1. The number of likely N-dealkylation sites (tertiary alicyclic amines) is 1. The van der Waals surface area contributed by atoms with E-state index in [0.29, 0.717) is 72.9 Å². The lowest BCUT2D eigenvalue weighted by Gasteiger charge is -2.37. The molecular weight excluding hydrogens is 488 g/mol. The first-order chi connectivity index (χ1) is 18.6. The molecule has 1 aliphatic carbocycles. The van der Waals surface area contributed by atoms with Gasteiger partial charge in [0.2, 0.25) is 5.95 Å². The minimum atomic E-state index is -2.73. The molecule has 0 bridgehead atoms. The van der Waals surface area contributed by atoms with Crippen LogP contribution in [-0.4, -0.2) is 75.9 Å². The van der Waals surface area contributed by atoms with Crippen molar-refractivity contribution >= 4 is 22.8 Å². The van der Waals surface area contributed by atoms with E-state index in [1.54, 1.807) is 24.3 Å². The highest BCUT2D eigenvalue weighted by Crippen LogP contribution is 2.33. The maximum Gasteiger partial charge on any atom is 0.296 e. The quantitative estimate of drug-likeness (QED) is 0.463. The molecule has 0 radical (unpaired) electrons. The molecule has 3 aromatic rings. The Balaban J connectivity index is 1.24. The van der Waals surface area contributed by atoms with E-state index in [1.807, 2.05) is 6.07 Å². The molecule has 0 unspecified atom stereocenters. The molecule has 0 spiro atoms. The van der Waals surface area contributed by atoms with E-state index in [2.05, 4.69) is 27.0 Å². The van der Waals surface area contributed by atoms with Gasteiger partial charge in [-0.2, -0.15) is 9.97 Å². The Labute approximate surface area is 222 Å². The molecule has 4 heterocycles. The van der Waals surface area contributed by atoms with Crippen molar-refractivity contribution in [2.24, 2.45) is 5.92 Å². The predicted octanol–water partition coefficient (Wildman–Crippen LogP) is 5.04. The predicted molar refractivity (Wildman–Crippen MR) is 144 cm³/mol. The molecule has 8 nitrogen and oxygen atoms in total. The number of benzene rings is 1. The fourth-order valence-electron chi connectivity index (χ4n) is 6.39. The molecule has 2 aliphatic heterocycles. The van der Waals surface area contributed by atoms with E-state index in [-0.39, 0.29) is 5.82 Å². The van der Waals surface area contributed by atoms with Crippen LogP contribution in [0.3, 0.4) is 0 Å². The molecule has 1 aromatic carbocycles.